The largest absolute Gasteiger partial charge is 0.302 e. The Bertz CT molecular complexity index is 918. The standard InChI is InChI=1S/C18H14N4O3/c1-2-10-21-16-9-4-3-8-15(16)17(18(21)23)20-19-12-13-6-5-7-14(11-13)22(24)25/h2-9,11-12H,1,10H2/b19-12+,20-17-. The van der Waals surface area contributed by atoms with Crippen molar-refractivity contribution >= 4 is 29.2 Å². The van der Waals surface area contributed by atoms with Crippen molar-refractivity contribution in [3.8, 4) is 0 Å². The van der Waals surface area contributed by atoms with Gasteiger partial charge in [-0.2, -0.15) is 5.10 Å². The van der Waals surface area contributed by atoms with Gasteiger partial charge in [-0.05, 0) is 6.07 Å². The van der Waals surface area contributed by atoms with Crippen molar-refractivity contribution in [3.05, 3.63) is 82.4 Å². The zero-order valence-corrected chi connectivity index (χ0v) is 13.2. The van der Waals surface area contributed by atoms with Crippen LogP contribution in [0.25, 0.3) is 0 Å². The zero-order chi connectivity index (χ0) is 17.8. The molecule has 1 aliphatic heterocycles. The van der Waals surface area contributed by atoms with Crippen molar-refractivity contribution in [2.45, 2.75) is 0 Å². The van der Waals surface area contributed by atoms with Gasteiger partial charge in [-0.3, -0.25) is 14.9 Å². The number of non-ortho nitro benzene ring substituents is 1. The lowest BCUT2D eigenvalue weighted by Crippen LogP contribution is -2.30. The molecule has 0 saturated carbocycles. The van der Waals surface area contributed by atoms with Crippen LogP contribution in [0.1, 0.15) is 11.1 Å². The maximum absolute atomic E-state index is 12.5. The van der Waals surface area contributed by atoms with Gasteiger partial charge < -0.3 is 4.90 Å². The Labute approximate surface area is 143 Å². The zero-order valence-electron chi connectivity index (χ0n) is 13.2. The van der Waals surface area contributed by atoms with Gasteiger partial charge in [0.1, 0.15) is 0 Å². The van der Waals surface area contributed by atoms with Gasteiger partial charge in [-0.25, -0.2) is 0 Å². The molecule has 2 aromatic rings. The number of hydrogen-bond donors (Lipinski definition) is 0. The van der Waals surface area contributed by atoms with Crippen molar-refractivity contribution in [2.24, 2.45) is 10.2 Å². The van der Waals surface area contributed by atoms with Gasteiger partial charge in [0.2, 0.25) is 0 Å². The molecule has 0 fully saturated rings. The SMILES string of the molecule is C=CCN1C(=O)/C(=N\N=C\c2cccc([N+](=O)[O-])c2)c2ccccc21. The van der Waals surface area contributed by atoms with Crippen LogP contribution in [0.2, 0.25) is 0 Å². The number of para-hydroxylation sites is 1. The minimum absolute atomic E-state index is 0.0314. The molecular formula is C18H14N4O3. The van der Waals surface area contributed by atoms with Crippen molar-refractivity contribution in [1.82, 2.24) is 0 Å². The molecule has 0 unspecified atom stereocenters. The molecule has 0 aliphatic carbocycles. The molecule has 0 bridgehead atoms. The Balaban J connectivity index is 1.91. The normalized spacial score (nSPS) is 15.0. The number of hydrogen-bond acceptors (Lipinski definition) is 5. The summed E-state index contributed by atoms with van der Waals surface area (Å²) in [6, 6.07) is 13.3. The number of nitro groups is 1. The van der Waals surface area contributed by atoms with E-state index in [9.17, 15) is 14.9 Å². The van der Waals surface area contributed by atoms with E-state index in [0.717, 1.165) is 5.69 Å². The number of benzene rings is 2. The smallest absolute Gasteiger partial charge is 0.279 e. The van der Waals surface area contributed by atoms with E-state index in [-0.39, 0.29) is 17.3 Å². The monoisotopic (exact) mass is 334 g/mol. The molecule has 1 aliphatic rings. The summed E-state index contributed by atoms with van der Waals surface area (Å²) in [5.74, 6) is -0.253. The summed E-state index contributed by atoms with van der Waals surface area (Å²) in [5, 5.41) is 18.8. The molecule has 0 radical (unpaired) electrons. The predicted molar refractivity (Wildman–Crippen MR) is 96.2 cm³/mol. The van der Waals surface area contributed by atoms with Gasteiger partial charge in [0.05, 0.1) is 16.8 Å². The van der Waals surface area contributed by atoms with E-state index in [2.05, 4.69) is 16.8 Å². The van der Waals surface area contributed by atoms with Crippen LogP contribution in [-0.4, -0.2) is 29.3 Å². The molecular weight excluding hydrogens is 320 g/mol. The van der Waals surface area contributed by atoms with Gasteiger partial charge in [0, 0.05) is 29.8 Å². The van der Waals surface area contributed by atoms with Gasteiger partial charge >= 0.3 is 0 Å². The Morgan fingerprint density at radius 3 is 2.76 bits per heavy atom. The summed E-state index contributed by atoms with van der Waals surface area (Å²) >= 11 is 0. The molecule has 7 heteroatoms. The summed E-state index contributed by atoms with van der Waals surface area (Å²) < 4.78 is 0. The first-order valence-corrected chi connectivity index (χ1v) is 7.49. The van der Waals surface area contributed by atoms with E-state index in [0.29, 0.717) is 17.7 Å². The quantitative estimate of drug-likeness (QED) is 0.364. The highest BCUT2D eigenvalue weighted by atomic mass is 16.6. The molecule has 2 aromatic carbocycles. The van der Waals surface area contributed by atoms with Crippen molar-refractivity contribution in [1.29, 1.82) is 0 Å². The fourth-order valence-corrected chi connectivity index (χ4v) is 2.54. The Morgan fingerprint density at radius 2 is 2.00 bits per heavy atom. The molecule has 3 rings (SSSR count). The number of fused-ring (bicyclic) bond motifs is 1. The predicted octanol–water partition coefficient (Wildman–Crippen LogP) is 2.95. The minimum Gasteiger partial charge on any atom is -0.302 e. The van der Waals surface area contributed by atoms with Gasteiger partial charge in [-0.15, -0.1) is 11.7 Å². The van der Waals surface area contributed by atoms with E-state index in [4.69, 9.17) is 0 Å². The first-order valence-electron chi connectivity index (χ1n) is 7.49. The molecule has 0 aromatic heterocycles. The second-order valence-electron chi connectivity index (χ2n) is 5.27. The minimum atomic E-state index is -0.479. The number of carbonyl (C=O) groups excluding carboxylic acids is 1. The van der Waals surface area contributed by atoms with Gasteiger partial charge in [-0.1, -0.05) is 36.4 Å². The fraction of sp³-hybridized carbons (Fsp3) is 0.0556. The first-order chi connectivity index (χ1) is 12.1. The average molecular weight is 334 g/mol. The van der Waals surface area contributed by atoms with Crippen LogP contribution >= 0.6 is 0 Å². The van der Waals surface area contributed by atoms with Crippen LogP contribution in [0, 0.1) is 10.1 Å². The van der Waals surface area contributed by atoms with Crippen LogP contribution in [0.4, 0.5) is 11.4 Å². The number of nitro benzene ring substituents is 1. The number of rotatable bonds is 5. The lowest BCUT2D eigenvalue weighted by molar-refractivity contribution is -0.384. The van der Waals surface area contributed by atoms with Crippen LogP contribution in [0.15, 0.2) is 71.4 Å². The van der Waals surface area contributed by atoms with E-state index >= 15 is 0 Å². The molecule has 0 saturated heterocycles. The third-order valence-corrected chi connectivity index (χ3v) is 3.65. The maximum atomic E-state index is 12.5. The molecule has 1 amide bonds. The molecule has 124 valence electrons. The Kier molecular flexibility index (Phi) is 4.47. The molecule has 0 N–H and O–H groups in total. The van der Waals surface area contributed by atoms with E-state index in [1.807, 2.05) is 18.2 Å². The van der Waals surface area contributed by atoms with Crippen molar-refractivity contribution in [2.75, 3.05) is 11.4 Å². The number of nitrogens with zero attached hydrogens (tertiary/aromatic N) is 4. The Morgan fingerprint density at radius 1 is 1.20 bits per heavy atom. The third kappa shape index (κ3) is 3.20. The highest BCUT2D eigenvalue weighted by molar-refractivity contribution is 6.54. The van der Waals surface area contributed by atoms with Gasteiger partial charge in [0.15, 0.2) is 5.71 Å². The first kappa shape index (κ1) is 16.3. The topological polar surface area (TPSA) is 88.2 Å². The van der Waals surface area contributed by atoms with E-state index in [1.165, 1.54) is 18.3 Å². The van der Waals surface area contributed by atoms with E-state index in [1.54, 1.807) is 29.2 Å². The third-order valence-electron chi connectivity index (χ3n) is 3.65. The number of anilines is 1. The fourth-order valence-electron chi connectivity index (χ4n) is 2.54. The second-order valence-corrected chi connectivity index (χ2v) is 5.27. The van der Waals surface area contributed by atoms with Crippen molar-refractivity contribution < 1.29 is 9.72 Å². The summed E-state index contributed by atoms with van der Waals surface area (Å²) in [5.41, 5.74) is 2.19. The highest BCUT2D eigenvalue weighted by Crippen LogP contribution is 2.29. The Hall–Kier alpha value is -3.61. The van der Waals surface area contributed by atoms with Crippen LogP contribution in [0.5, 0.6) is 0 Å². The summed E-state index contributed by atoms with van der Waals surface area (Å²) in [6.45, 7) is 4.04. The molecule has 7 nitrogen and oxygen atoms in total. The summed E-state index contributed by atoms with van der Waals surface area (Å²) in [4.78, 5) is 24.4. The van der Waals surface area contributed by atoms with E-state index < -0.39 is 4.92 Å². The highest BCUT2D eigenvalue weighted by Gasteiger charge is 2.32. The van der Waals surface area contributed by atoms with Crippen molar-refractivity contribution in [3.63, 3.8) is 0 Å². The number of amides is 1. The average Bonchev–Trinajstić information content (AvgIpc) is 2.88. The lowest BCUT2D eigenvalue weighted by Gasteiger charge is -2.13. The van der Waals surface area contributed by atoms with Gasteiger partial charge in [0.25, 0.3) is 11.6 Å². The van der Waals surface area contributed by atoms with Crippen LogP contribution in [-0.2, 0) is 4.79 Å². The summed E-state index contributed by atoms with van der Waals surface area (Å²) in [6.07, 6.45) is 3.02. The summed E-state index contributed by atoms with van der Waals surface area (Å²) in [7, 11) is 0. The molecule has 1 heterocycles. The molecule has 0 atom stereocenters. The number of carbonyl (C=O) groups is 1. The lowest BCUT2D eigenvalue weighted by atomic mass is 10.1. The van der Waals surface area contributed by atoms with Crippen LogP contribution in [0.3, 0.4) is 0 Å². The molecule has 0 spiro atoms. The maximum Gasteiger partial charge on any atom is 0.279 e. The molecule has 25 heavy (non-hydrogen) atoms. The van der Waals surface area contributed by atoms with Crippen LogP contribution < -0.4 is 4.90 Å². The second kappa shape index (κ2) is 6.88.